The summed E-state index contributed by atoms with van der Waals surface area (Å²) in [4.78, 5) is 5.15. The average Bonchev–Trinajstić information content (AvgIpc) is 2.54. The van der Waals surface area contributed by atoms with E-state index < -0.39 is 0 Å². The van der Waals surface area contributed by atoms with E-state index in [1.54, 1.807) is 7.11 Å². The number of methoxy groups -OCH3 is 1. The van der Waals surface area contributed by atoms with Gasteiger partial charge in [-0.1, -0.05) is 6.42 Å². The van der Waals surface area contributed by atoms with Gasteiger partial charge in [0.15, 0.2) is 0 Å². The molecule has 1 aromatic carbocycles. The molecule has 2 aliphatic rings. The third-order valence-electron chi connectivity index (χ3n) is 4.72. The van der Waals surface area contributed by atoms with Crippen LogP contribution in [0.2, 0.25) is 0 Å². The van der Waals surface area contributed by atoms with Gasteiger partial charge < -0.3 is 4.74 Å². The van der Waals surface area contributed by atoms with Crippen molar-refractivity contribution in [1.82, 2.24) is 9.80 Å². The van der Waals surface area contributed by atoms with E-state index in [1.165, 1.54) is 32.4 Å². The minimum atomic E-state index is 0.710. The van der Waals surface area contributed by atoms with E-state index in [0.717, 1.165) is 37.0 Å². The maximum Gasteiger partial charge on any atom is 0.123 e. The molecule has 1 aromatic rings. The Morgan fingerprint density at radius 1 is 1.29 bits per heavy atom. The summed E-state index contributed by atoms with van der Waals surface area (Å²) >= 11 is 0. The number of piperidine rings is 1. The minimum absolute atomic E-state index is 0.710. The van der Waals surface area contributed by atoms with Crippen LogP contribution >= 0.6 is 0 Å². The number of fused-ring (bicyclic) bond motifs is 1. The predicted molar refractivity (Wildman–Crippen MR) is 82.2 cm³/mol. The molecule has 0 radical (unpaired) electrons. The first-order valence-corrected chi connectivity index (χ1v) is 7.83. The van der Waals surface area contributed by atoms with Gasteiger partial charge in [0, 0.05) is 37.8 Å². The summed E-state index contributed by atoms with van der Waals surface area (Å²) in [6.07, 6.45) is 4.04. The van der Waals surface area contributed by atoms with E-state index in [9.17, 15) is 0 Å². The number of nitriles is 1. The van der Waals surface area contributed by atoms with Gasteiger partial charge in [-0.3, -0.25) is 9.80 Å². The Labute approximate surface area is 126 Å². The van der Waals surface area contributed by atoms with Crippen LogP contribution in [0, 0.1) is 11.3 Å². The molecule has 0 amide bonds. The molecule has 1 atom stereocenters. The van der Waals surface area contributed by atoms with Gasteiger partial charge in [0.1, 0.15) is 5.75 Å². The molecular weight excluding hydrogens is 262 g/mol. The highest BCUT2D eigenvalue weighted by Gasteiger charge is 2.29. The molecule has 0 spiro atoms. The Morgan fingerprint density at radius 3 is 3.00 bits per heavy atom. The lowest BCUT2D eigenvalue weighted by molar-refractivity contribution is 0.0453. The van der Waals surface area contributed by atoms with Crippen molar-refractivity contribution in [2.45, 2.75) is 31.8 Å². The van der Waals surface area contributed by atoms with Crippen molar-refractivity contribution >= 4 is 0 Å². The fourth-order valence-electron chi connectivity index (χ4n) is 3.58. The average molecular weight is 285 g/mol. The van der Waals surface area contributed by atoms with Crippen molar-refractivity contribution < 1.29 is 4.74 Å². The summed E-state index contributed by atoms with van der Waals surface area (Å²) < 4.78 is 5.45. The molecule has 0 bridgehead atoms. The van der Waals surface area contributed by atoms with Crippen LogP contribution < -0.4 is 4.74 Å². The van der Waals surface area contributed by atoms with Crippen LogP contribution in [0.25, 0.3) is 0 Å². The summed E-state index contributed by atoms with van der Waals surface area (Å²) in [7, 11) is 1.70. The van der Waals surface area contributed by atoms with E-state index in [-0.39, 0.29) is 0 Å². The highest BCUT2D eigenvalue weighted by Crippen LogP contribution is 2.25. The molecule has 0 aromatic heterocycles. The first kappa shape index (κ1) is 14.4. The number of nitrogens with zero attached hydrogens (tertiary/aromatic N) is 3. The molecule has 2 saturated heterocycles. The molecule has 112 valence electrons. The molecule has 1 unspecified atom stereocenters. The molecule has 2 aliphatic heterocycles. The number of ether oxygens (including phenoxy) is 1. The summed E-state index contributed by atoms with van der Waals surface area (Å²) in [5, 5.41) is 9.07. The molecule has 0 saturated carbocycles. The largest absolute Gasteiger partial charge is 0.496 e. The molecular formula is C17H23N3O. The van der Waals surface area contributed by atoms with Gasteiger partial charge in [0.05, 0.1) is 18.7 Å². The zero-order valence-corrected chi connectivity index (χ0v) is 12.7. The van der Waals surface area contributed by atoms with Gasteiger partial charge in [-0.15, -0.1) is 0 Å². The Bertz CT molecular complexity index is 537. The molecule has 4 heteroatoms. The van der Waals surface area contributed by atoms with Crippen LogP contribution in [0.3, 0.4) is 0 Å². The van der Waals surface area contributed by atoms with Crippen molar-refractivity contribution in [2.75, 3.05) is 33.3 Å². The van der Waals surface area contributed by atoms with Crippen molar-refractivity contribution in [3.05, 3.63) is 29.3 Å². The second-order valence-corrected chi connectivity index (χ2v) is 6.06. The van der Waals surface area contributed by atoms with Gasteiger partial charge in [0.2, 0.25) is 0 Å². The Kier molecular flexibility index (Phi) is 4.42. The lowest BCUT2D eigenvalue weighted by Gasteiger charge is -2.44. The molecule has 0 aliphatic carbocycles. The Hall–Kier alpha value is -1.57. The third kappa shape index (κ3) is 3.20. The zero-order valence-electron chi connectivity index (χ0n) is 12.7. The van der Waals surface area contributed by atoms with E-state index in [2.05, 4.69) is 15.9 Å². The highest BCUT2D eigenvalue weighted by atomic mass is 16.5. The summed E-state index contributed by atoms with van der Waals surface area (Å²) in [6.45, 7) is 5.57. The smallest absolute Gasteiger partial charge is 0.123 e. The van der Waals surface area contributed by atoms with Crippen LogP contribution in [0.1, 0.15) is 30.4 Å². The molecule has 21 heavy (non-hydrogen) atoms. The maximum absolute atomic E-state index is 9.07. The molecule has 0 N–H and O–H groups in total. The number of rotatable bonds is 3. The first-order chi connectivity index (χ1) is 10.3. The number of hydrogen-bond acceptors (Lipinski definition) is 4. The van der Waals surface area contributed by atoms with Crippen molar-refractivity contribution in [2.24, 2.45) is 0 Å². The summed E-state index contributed by atoms with van der Waals surface area (Å²) in [5.74, 6) is 0.889. The minimum Gasteiger partial charge on any atom is -0.496 e. The van der Waals surface area contributed by atoms with E-state index >= 15 is 0 Å². The predicted octanol–water partition coefficient (Wildman–Crippen LogP) is 2.24. The maximum atomic E-state index is 9.07. The second kappa shape index (κ2) is 6.46. The van der Waals surface area contributed by atoms with Crippen LogP contribution in [0.5, 0.6) is 5.75 Å². The van der Waals surface area contributed by atoms with E-state index in [1.807, 2.05) is 18.2 Å². The fourth-order valence-corrected chi connectivity index (χ4v) is 3.58. The van der Waals surface area contributed by atoms with Crippen LogP contribution in [0.15, 0.2) is 18.2 Å². The third-order valence-corrected chi connectivity index (χ3v) is 4.72. The second-order valence-electron chi connectivity index (χ2n) is 6.06. The van der Waals surface area contributed by atoms with Crippen LogP contribution in [-0.2, 0) is 6.54 Å². The normalized spacial score (nSPS) is 23.3. The number of benzene rings is 1. The highest BCUT2D eigenvalue weighted by molar-refractivity contribution is 5.42. The van der Waals surface area contributed by atoms with Crippen LogP contribution in [-0.4, -0.2) is 49.1 Å². The van der Waals surface area contributed by atoms with Gasteiger partial charge in [-0.2, -0.15) is 5.26 Å². The van der Waals surface area contributed by atoms with Gasteiger partial charge in [0.25, 0.3) is 0 Å². The van der Waals surface area contributed by atoms with E-state index in [0.29, 0.717) is 5.56 Å². The molecule has 3 rings (SSSR count). The summed E-state index contributed by atoms with van der Waals surface area (Å²) in [6, 6.07) is 8.63. The molecule has 4 nitrogen and oxygen atoms in total. The lowest BCUT2D eigenvalue weighted by Crippen LogP contribution is -2.54. The Balaban J connectivity index is 1.70. The SMILES string of the molecule is COc1ccc(C#N)cc1CN1CCN2CCCCC2C1. The monoisotopic (exact) mass is 285 g/mol. The lowest BCUT2D eigenvalue weighted by atomic mass is 9.99. The van der Waals surface area contributed by atoms with E-state index in [4.69, 9.17) is 10.00 Å². The molecule has 2 heterocycles. The standard InChI is InChI=1S/C17H23N3O/c1-21-17-6-5-14(11-18)10-15(17)12-19-8-9-20-7-3-2-4-16(20)13-19/h5-6,10,16H,2-4,7-9,12-13H2,1H3. The quantitative estimate of drug-likeness (QED) is 0.854. The zero-order chi connectivity index (χ0) is 14.7. The van der Waals surface area contributed by atoms with Crippen molar-refractivity contribution in [3.8, 4) is 11.8 Å². The number of piperazine rings is 1. The molecule has 2 fully saturated rings. The van der Waals surface area contributed by atoms with Crippen molar-refractivity contribution in [3.63, 3.8) is 0 Å². The van der Waals surface area contributed by atoms with Crippen molar-refractivity contribution in [1.29, 1.82) is 5.26 Å². The summed E-state index contributed by atoms with van der Waals surface area (Å²) in [5.41, 5.74) is 1.84. The van der Waals surface area contributed by atoms with Crippen LogP contribution in [0.4, 0.5) is 0 Å². The fraction of sp³-hybridized carbons (Fsp3) is 0.588. The first-order valence-electron chi connectivity index (χ1n) is 7.83. The topological polar surface area (TPSA) is 39.5 Å². The van der Waals surface area contributed by atoms with Gasteiger partial charge >= 0.3 is 0 Å². The van der Waals surface area contributed by atoms with Gasteiger partial charge in [-0.05, 0) is 37.6 Å². The van der Waals surface area contributed by atoms with Gasteiger partial charge in [-0.25, -0.2) is 0 Å². The Morgan fingerprint density at radius 2 is 2.19 bits per heavy atom. The number of hydrogen-bond donors (Lipinski definition) is 0.